The average molecular weight is 623 g/mol. The molecule has 0 fully saturated rings. The number of allylic oxidation sites excluding steroid dienone is 4. The number of aliphatic imine (C=N–C) groups is 2. The molecule has 0 amide bonds. The molecule has 6 nitrogen and oxygen atoms in total. The molecule has 0 saturated heterocycles. The molecule has 4 aromatic rings. The predicted octanol–water partition coefficient (Wildman–Crippen LogP) is 8.12. The fraction of sp³-hybridized carbons (Fsp3) is 0.118. The van der Waals surface area contributed by atoms with E-state index in [4.69, 9.17) is 9.97 Å². The summed E-state index contributed by atoms with van der Waals surface area (Å²) in [4.78, 5) is 17.8. The van der Waals surface area contributed by atoms with E-state index in [2.05, 4.69) is 9.98 Å². The Labute approximate surface area is 257 Å². The Bertz CT molecular complexity index is 2140. The maximum absolute atomic E-state index is 13.1. The van der Waals surface area contributed by atoms with Gasteiger partial charge in [-0.05, 0) is 52.6 Å². The Morgan fingerprint density at radius 2 is 1.24 bits per heavy atom. The second kappa shape index (κ2) is 10.3. The summed E-state index contributed by atoms with van der Waals surface area (Å²) in [7, 11) is 0. The van der Waals surface area contributed by atoms with Crippen LogP contribution >= 0.6 is 0 Å². The van der Waals surface area contributed by atoms with Gasteiger partial charge in [0.2, 0.25) is 12.4 Å². The summed E-state index contributed by atoms with van der Waals surface area (Å²) >= 11 is 0. The van der Waals surface area contributed by atoms with Gasteiger partial charge in [-0.1, -0.05) is 54.6 Å². The van der Waals surface area contributed by atoms with Crippen LogP contribution in [0.25, 0.3) is 28.0 Å². The van der Waals surface area contributed by atoms with E-state index in [1.54, 1.807) is 30.5 Å². The monoisotopic (exact) mass is 622 g/mol. The molecule has 2 atom stereocenters. The number of hydrogen-bond donors (Lipinski definition) is 0. The standard InChI is InChI=1S/C34H16F6N6/c35-33(36,37)21-7-1-17(2-8-21)19-5-11-23-25(13-19)29-31(27(23)43-15-41)46-30-26-14-20(18-3-9-22(10-4-18)34(38,39)40)6-12-24(26)28(44-16-42)32(30)45-29/h1-14,23,25H. The minimum absolute atomic E-state index is 0.266. The van der Waals surface area contributed by atoms with Crippen LogP contribution in [0.15, 0.2) is 94.9 Å². The smallest absolute Gasteiger partial charge is 0.246 e. The number of hydrogen-bond acceptors (Lipinski definition) is 6. The predicted molar refractivity (Wildman–Crippen MR) is 156 cm³/mol. The van der Waals surface area contributed by atoms with Crippen LogP contribution in [0.1, 0.15) is 45.3 Å². The first-order chi connectivity index (χ1) is 22.0. The maximum Gasteiger partial charge on any atom is 0.416 e. The number of aromatic nitrogens is 2. The third-order valence-corrected chi connectivity index (χ3v) is 8.20. The molecule has 1 heterocycles. The van der Waals surface area contributed by atoms with E-state index in [0.29, 0.717) is 61.9 Å². The summed E-state index contributed by atoms with van der Waals surface area (Å²) in [6.45, 7) is 0. The third-order valence-electron chi connectivity index (χ3n) is 8.20. The summed E-state index contributed by atoms with van der Waals surface area (Å²) < 4.78 is 78.7. The summed E-state index contributed by atoms with van der Waals surface area (Å²) in [5.74, 6) is -0.887. The summed E-state index contributed by atoms with van der Waals surface area (Å²) in [5, 5.41) is 19.0. The average Bonchev–Trinajstić information content (AvgIpc) is 3.50. The zero-order valence-corrected chi connectivity index (χ0v) is 23.2. The summed E-state index contributed by atoms with van der Waals surface area (Å²) in [5.41, 5.74) is 4.04. The van der Waals surface area contributed by atoms with Crippen LogP contribution < -0.4 is 0 Å². The van der Waals surface area contributed by atoms with Gasteiger partial charge in [-0.15, -0.1) is 0 Å². The molecule has 0 aliphatic heterocycles. The molecule has 0 N–H and O–H groups in total. The quantitative estimate of drug-likeness (QED) is 0.147. The number of fused-ring (bicyclic) bond motifs is 6. The van der Waals surface area contributed by atoms with Crippen molar-refractivity contribution in [2.45, 2.75) is 18.3 Å². The molecule has 12 heteroatoms. The topological polar surface area (TPSA) is 98.1 Å². The number of alkyl halides is 6. The van der Waals surface area contributed by atoms with E-state index in [0.717, 1.165) is 24.3 Å². The Morgan fingerprint density at radius 1 is 0.630 bits per heavy atom. The lowest BCUT2D eigenvalue weighted by Crippen LogP contribution is -2.14. The highest BCUT2D eigenvalue weighted by atomic mass is 19.4. The van der Waals surface area contributed by atoms with E-state index in [1.807, 2.05) is 18.3 Å². The van der Waals surface area contributed by atoms with Gasteiger partial charge >= 0.3 is 12.4 Å². The second-order valence-corrected chi connectivity index (χ2v) is 10.8. The molecule has 224 valence electrons. The molecule has 0 radical (unpaired) electrons. The van der Waals surface area contributed by atoms with Crippen molar-refractivity contribution in [2.75, 3.05) is 0 Å². The van der Waals surface area contributed by atoms with Gasteiger partial charge < -0.3 is 0 Å². The van der Waals surface area contributed by atoms with E-state index in [9.17, 15) is 36.9 Å². The normalized spacial score (nSPS) is 19.6. The van der Waals surface area contributed by atoms with Gasteiger partial charge in [0.25, 0.3) is 0 Å². The zero-order valence-electron chi connectivity index (χ0n) is 23.2. The highest BCUT2D eigenvalue weighted by Crippen LogP contribution is 2.46. The Balaban J connectivity index is 1.34. The van der Waals surface area contributed by atoms with Gasteiger partial charge in [0.1, 0.15) is 17.1 Å². The van der Waals surface area contributed by atoms with Gasteiger partial charge in [0.05, 0.1) is 28.2 Å². The third kappa shape index (κ3) is 4.66. The molecule has 1 aromatic heterocycles. The van der Waals surface area contributed by atoms with Gasteiger partial charge in [-0.2, -0.15) is 46.9 Å². The van der Waals surface area contributed by atoms with Gasteiger partial charge in [-0.3, -0.25) is 0 Å². The van der Waals surface area contributed by atoms with Crippen molar-refractivity contribution in [3.8, 4) is 34.8 Å². The molecule has 7 rings (SSSR count). The molecular formula is C34H16F6N6. The molecule has 0 spiro atoms. The number of nitrogens with zero attached hydrogens (tertiary/aromatic N) is 6. The van der Waals surface area contributed by atoms with E-state index >= 15 is 0 Å². The Kier molecular flexibility index (Phi) is 6.49. The molecular weight excluding hydrogens is 606 g/mol. The Morgan fingerprint density at radius 3 is 1.85 bits per heavy atom. The molecule has 3 aromatic carbocycles. The number of rotatable bonds is 2. The number of halogens is 6. The van der Waals surface area contributed by atoms with E-state index < -0.39 is 35.3 Å². The van der Waals surface area contributed by atoms with Crippen LogP contribution in [0, 0.1) is 28.8 Å². The van der Waals surface area contributed by atoms with Gasteiger partial charge in [-0.25, -0.2) is 9.97 Å². The van der Waals surface area contributed by atoms with Crippen molar-refractivity contribution < 1.29 is 26.3 Å². The van der Waals surface area contributed by atoms with Crippen molar-refractivity contribution in [1.29, 1.82) is 10.5 Å². The van der Waals surface area contributed by atoms with Crippen LogP contribution in [-0.4, -0.2) is 21.4 Å². The van der Waals surface area contributed by atoms with Crippen LogP contribution in [-0.2, 0) is 12.4 Å². The number of nitriles is 2. The van der Waals surface area contributed by atoms with Crippen molar-refractivity contribution in [3.63, 3.8) is 0 Å². The first-order valence-corrected chi connectivity index (χ1v) is 13.7. The molecule has 3 aliphatic rings. The van der Waals surface area contributed by atoms with Crippen molar-refractivity contribution >= 4 is 17.0 Å². The van der Waals surface area contributed by atoms with Crippen molar-refractivity contribution in [3.05, 3.63) is 124 Å². The van der Waals surface area contributed by atoms with Crippen molar-refractivity contribution in [1.82, 2.24) is 9.97 Å². The van der Waals surface area contributed by atoms with Crippen LogP contribution in [0.5, 0.6) is 0 Å². The largest absolute Gasteiger partial charge is 0.416 e. The lowest BCUT2D eigenvalue weighted by Gasteiger charge is -2.19. The lowest BCUT2D eigenvalue weighted by atomic mass is 9.85. The first kappa shape index (κ1) is 28.9. The van der Waals surface area contributed by atoms with Gasteiger partial charge in [0, 0.05) is 23.0 Å². The molecule has 0 saturated carbocycles. The highest BCUT2D eigenvalue weighted by Gasteiger charge is 2.43. The summed E-state index contributed by atoms with van der Waals surface area (Å²) in [6, 6.07) is 14.7. The lowest BCUT2D eigenvalue weighted by molar-refractivity contribution is -0.138. The number of benzene rings is 3. The minimum Gasteiger partial charge on any atom is -0.246 e. The Hall–Kier alpha value is -5.88. The van der Waals surface area contributed by atoms with Gasteiger partial charge in [0.15, 0.2) is 0 Å². The van der Waals surface area contributed by atoms with Crippen LogP contribution in [0.2, 0.25) is 0 Å². The molecule has 3 aliphatic carbocycles. The van der Waals surface area contributed by atoms with Crippen LogP contribution in [0.4, 0.5) is 26.3 Å². The first-order valence-electron chi connectivity index (χ1n) is 13.7. The SMILES string of the molecule is N#CN=C1c2ccc(-c3ccc(C(F)(F)F)cc3)cc2-c2nc3c(nc21)C1C=C(c2ccc(C(F)(F)F)cc2)C=CC1C3=NC#N. The van der Waals surface area contributed by atoms with Crippen molar-refractivity contribution in [2.24, 2.45) is 15.9 Å². The highest BCUT2D eigenvalue weighted by molar-refractivity contribution is 6.24. The zero-order chi connectivity index (χ0) is 32.4. The molecule has 0 bridgehead atoms. The molecule has 2 unspecified atom stereocenters. The second-order valence-electron chi connectivity index (χ2n) is 10.8. The fourth-order valence-electron chi connectivity index (χ4n) is 6.06. The molecule has 46 heavy (non-hydrogen) atoms. The van der Waals surface area contributed by atoms with E-state index in [-0.39, 0.29) is 5.71 Å². The van der Waals surface area contributed by atoms with E-state index in [1.165, 1.54) is 24.3 Å². The van der Waals surface area contributed by atoms with Crippen LogP contribution in [0.3, 0.4) is 0 Å². The fourth-order valence-corrected chi connectivity index (χ4v) is 6.06. The maximum atomic E-state index is 13.1. The summed E-state index contributed by atoms with van der Waals surface area (Å²) in [6.07, 6.45) is 0.0831. The minimum atomic E-state index is -4.48.